The van der Waals surface area contributed by atoms with Crippen molar-refractivity contribution in [3.8, 4) is 0 Å². The third kappa shape index (κ3) is 2.52. The second-order valence-corrected chi connectivity index (χ2v) is 6.44. The van der Waals surface area contributed by atoms with Crippen LogP contribution in [0, 0.1) is 0 Å². The first kappa shape index (κ1) is 13.4. The maximum Gasteiger partial charge on any atom is 0.246 e. The smallest absolute Gasteiger partial charge is 0.246 e. The van der Waals surface area contributed by atoms with Gasteiger partial charge < -0.3 is 4.90 Å². The Hall–Kier alpha value is -1.06. The fourth-order valence-electron chi connectivity index (χ4n) is 2.57. The van der Waals surface area contributed by atoms with Gasteiger partial charge in [-0.15, -0.1) is 0 Å². The van der Waals surface area contributed by atoms with Gasteiger partial charge >= 0.3 is 0 Å². The summed E-state index contributed by atoms with van der Waals surface area (Å²) in [5.41, 5.74) is 0.227. The number of hydrogen-bond acceptors (Lipinski definition) is 2. The van der Waals surface area contributed by atoms with E-state index >= 15 is 0 Å². The molecule has 1 N–H and O–H groups in total. The van der Waals surface area contributed by atoms with Crippen LogP contribution < -0.4 is 10.2 Å². The predicted octanol–water partition coefficient (Wildman–Crippen LogP) is 2.83. The van der Waals surface area contributed by atoms with E-state index in [1.165, 1.54) is 0 Å². The molecular weight excluding hydrogens is 248 g/mol. The molecule has 0 aliphatic carbocycles. The molecule has 4 heteroatoms. The number of nitrogens with one attached hydrogen (secondary N) is 1. The molecule has 1 aliphatic rings. The van der Waals surface area contributed by atoms with Crippen LogP contribution in [-0.2, 0) is 4.79 Å². The molecule has 18 heavy (non-hydrogen) atoms. The first-order chi connectivity index (χ1) is 8.21. The van der Waals surface area contributed by atoms with Crippen molar-refractivity contribution in [3.05, 3.63) is 29.3 Å². The van der Waals surface area contributed by atoms with Gasteiger partial charge in [-0.2, -0.15) is 0 Å². The number of amides is 1. The number of halogens is 1. The Bertz CT molecular complexity index is 465. The zero-order valence-electron chi connectivity index (χ0n) is 11.2. The molecule has 1 saturated heterocycles. The molecule has 3 nitrogen and oxygen atoms in total. The van der Waals surface area contributed by atoms with Crippen molar-refractivity contribution >= 4 is 23.2 Å². The number of piperazine rings is 1. The van der Waals surface area contributed by atoms with Crippen molar-refractivity contribution in [1.29, 1.82) is 0 Å². The maximum atomic E-state index is 12.5. The number of anilines is 1. The van der Waals surface area contributed by atoms with E-state index in [0.717, 1.165) is 5.69 Å². The minimum atomic E-state index is -0.554. The Morgan fingerprint density at radius 3 is 2.28 bits per heavy atom. The van der Waals surface area contributed by atoms with Gasteiger partial charge in [0.05, 0.1) is 5.54 Å². The van der Waals surface area contributed by atoms with Crippen LogP contribution >= 0.6 is 11.6 Å². The van der Waals surface area contributed by atoms with E-state index in [1.807, 2.05) is 43.0 Å². The summed E-state index contributed by atoms with van der Waals surface area (Å²) < 4.78 is 0. The Labute approximate surface area is 113 Å². The van der Waals surface area contributed by atoms with Gasteiger partial charge in [-0.05, 0) is 52.0 Å². The molecule has 1 amide bonds. The summed E-state index contributed by atoms with van der Waals surface area (Å²) in [4.78, 5) is 14.3. The molecule has 1 aromatic carbocycles. The van der Waals surface area contributed by atoms with E-state index in [-0.39, 0.29) is 11.4 Å². The van der Waals surface area contributed by atoms with E-state index in [4.69, 9.17) is 11.6 Å². The van der Waals surface area contributed by atoms with E-state index in [9.17, 15) is 4.79 Å². The molecule has 0 bridgehead atoms. The third-order valence-corrected chi connectivity index (χ3v) is 3.37. The molecule has 2 rings (SSSR count). The van der Waals surface area contributed by atoms with Gasteiger partial charge in [-0.25, -0.2) is 0 Å². The highest BCUT2D eigenvalue weighted by molar-refractivity contribution is 6.30. The largest absolute Gasteiger partial charge is 0.309 e. The number of benzene rings is 1. The second-order valence-electron chi connectivity index (χ2n) is 6.00. The Balaban J connectivity index is 2.37. The van der Waals surface area contributed by atoms with E-state index in [0.29, 0.717) is 11.6 Å². The van der Waals surface area contributed by atoms with Gasteiger partial charge in [0.2, 0.25) is 5.91 Å². The zero-order valence-corrected chi connectivity index (χ0v) is 12.0. The molecule has 1 heterocycles. The van der Waals surface area contributed by atoms with Crippen LogP contribution in [-0.4, -0.2) is 23.5 Å². The molecular formula is C14H19ClN2O. The minimum absolute atomic E-state index is 0.0872. The van der Waals surface area contributed by atoms with Crippen molar-refractivity contribution in [2.75, 3.05) is 11.4 Å². The highest BCUT2D eigenvalue weighted by atomic mass is 35.5. The molecule has 98 valence electrons. The van der Waals surface area contributed by atoms with Crippen molar-refractivity contribution in [3.63, 3.8) is 0 Å². The van der Waals surface area contributed by atoms with Crippen molar-refractivity contribution in [2.45, 2.75) is 38.8 Å². The Morgan fingerprint density at radius 1 is 1.17 bits per heavy atom. The van der Waals surface area contributed by atoms with E-state index < -0.39 is 5.54 Å². The molecule has 0 saturated carbocycles. The van der Waals surface area contributed by atoms with Gasteiger partial charge in [0, 0.05) is 22.8 Å². The number of carbonyl (C=O) groups excluding carboxylic acids is 1. The van der Waals surface area contributed by atoms with Crippen molar-refractivity contribution in [1.82, 2.24) is 5.32 Å². The summed E-state index contributed by atoms with van der Waals surface area (Å²) in [5, 5.41) is 4.06. The van der Waals surface area contributed by atoms with Crippen LogP contribution in [0.15, 0.2) is 24.3 Å². The van der Waals surface area contributed by atoms with Gasteiger partial charge in [0.25, 0.3) is 0 Å². The van der Waals surface area contributed by atoms with Crippen molar-refractivity contribution in [2.24, 2.45) is 0 Å². The molecule has 1 fully saturated rings. The lowest BCUT2D eigenvalue weighted by molar-refractivity contribution is -0.126. The van der Waals surface area contributed by atoms with E-state index in [1.54, 1.807) is 0 Å². The molecule has 0 spiro atoms. The van der Waals surface area contributed by atoms with Crippen LogP contribution in [0.25, 0.3) is 0 Å². The van der Waals surface area contributed by atoms with Crippen LogP contribution in [0.3, 0.4) is 0 Å². The Morgan fingerprint density at radius 2 is 1.72 bits per heavy atom. The number of nitrogens with zero attached hydrogens (tertiary/aromatic N) is 1. The van der Waals surface area contributed by atoms with Crippen LogP contribution in [0.4, 0.5) is 5.69 Å². The monoisotopic (exact) mass is 266 g/mol. The fraction of sp³-hybridized carbons (Fsp3) is 0.500. The van der Waals surface area contributed by atoms with Crippen LogP contribution in [0.5, 0.6) is 0 Å². The summed E-state index contributed by atoms with van der Waals surface area (Å²) in [6, 6.07) is 7.40. The lowest BCUT2D eigenvalue weighted by atomic mass is 9.90. The van der Waals surface area contributed by atoms with Gasteiger partial charge in [-0.3, -0.25) is 10.1 Å². The summed E-state index contributed by atoms with van der Waals surface area (Å²) in [6.45, 7) is 8.68. The first-order valence-electron chi connectivity index (χ1n) is 6.08. The number of carbonyl (C=O) groups is 1. The summed E-state index contributed by atoms with van der Waals surface area (Å²) >= 11 is 5.88. The lowest BCUT2D eigenvalue weighted by Crippen LogP contribution is -2.70. The molecule has 0 unspecified atom stereocenters. The predicted molar refractivity (Wildman–Crippen MR) is 75.1 cm³/mol. The normalized spacial score (nSPS) is 22.1. The Kier molecular flexibility index (Phi) is 3.16. The SMILES string of the molecule is CC1(C)CN(c2ccc(Cl)cc2)C(=O)C(C)(C)N1. The van der Waals surface area contributed by atoms with Crippen LogP contribution in [0.1, 0.15) is 27.7 Å². The van der Waals surface area contributed by atoms with E-state index in [2.05, 4.69) is 19.2 Å². The van der Waals surface area contributed by atoms with Crippen LogP contribution in [0.2, 0.25) is 5.02 Å². The summed E-state index contributed by atoms with van der Waals surface area (Å²) in [7, 11) is 0. The lowest BCUT2D eigenvalue weighted by Gasteiger charge is -2.47. The molecule has 0 aromatic heterocycles. The standard InChI is InChI=1S/C14H19ClN2O/c1-13(2)9-17(12(18)14(3,4)16-13)11-7-5-10(15)6-8-11/h5-8,16H,9H2,1-4H3. The average molecular weight is 267 g/mol. The topological polar surface area (TPSA) is 32.3 Å². The number of hydrogen-bond donors (Lipinski definition) is 1. The summed E-state index contributed by atoms with van der Waals surface area (Å²) in [5.74, 6) is 0.0872. The van der Waals surface area contributed by atoms with Gasteiger partial charge in [0.15, 0.2) is 0 Å². The third-order valence-electron chi connectivity index (χ3n) is 3.12. The zero-order chi connectivity index (χ0) is 13.6. The maximum absolute atomic E-state index is 12.5. The van der Waals surface area contributed by atoms with Gasteiger partial charge in [-0.1, -0.05) is 11.6 Å². The number of rotatable bonds is 1. The molecule has 0 radical (unpaired) electrons. The average Bonchev–Trinajstić information content (AvgIpc) is 2.23. The first-order valence-corrected chi connectivity index (χ1v) is 6.46. The highest BCUT2D eigenvalue weighted by Crippen LogP contribution is 2.28. The van der Waals surface area contributed by atoms with Gasteiger partial charge in [0.1, 0.15) is 0 Å². The van der Waals surface area contributed by atoms with Crippen molar-refractivity contribution < 1.29 is 4.79 Å². The fourth-order valence-corrected chi connectivity index (χ4v) is 2.70. The molecule has 0 atom stereocenters. The quantitative estimate of drug-likeness (QED) is 0.848. The highest BCUT2D eigenvalue weighted by Gasteiger charge is 2.43. The second kappa shape index (κ2) is 4.25. The summed E-state index contributed by atoms with van der Waals surface area (Å²) in [6.07, 6.45) is 0. The molecule has 1 aromatic rings. The minimum Gasteiger partial charge on any atom is -0.309 e. The molecule has 1 aliphatic heterocycles.